The van der Waals surface area contributed by atoms with Crippen molar-refractivity contribution in [2.45, 2.75) is 12.5 Å². The van der Waals surface area contributed by atoms with Gasteiger partial charge in [0, 0.05) is 26.5 Å². The molecule has 0 saturated carbocycles. The Kier molecular flexibility index (Phi) is 2.55. The number of hydrogen-bond acceptors (Lipinski definition) is 3. The summed E-state index contributed by atoms with van der Waals surface area (Å²) in [6.45, 7) is 0. The summed E-state index contributed by atoms with van der Waals surface area (Å²) in [6.07, 6.45) is 8.29. The van der Waals surface area contributed by atoms with E-state index in [0.717, 1.165) is 17.7 Å². The molecule has 5 heteroatoms. The van der Waals surface area contributed by atoms with Crippen molar-refractivity contribution in [1.29, 1.82) is 0 Å². The van der Waals surface area contributed by atoms with Crippen LogP contribution in [0.25, 0.3) is 0 Å². The molecule has 1 atom stereocenters. The molecular formula is C10H15N5. The second kappa shape index (κ2) is 3.86. The van der Waals surface area contributed by atoms with E-state index < -0.39 is 0 Å². The minimum atomic E-state index is -0.0598. The van der Waals surface area contributed by atoms with Crippen molar-refractivity contribution >= 4 is 0 Å². The Bertz CT molecular complexity index is 442. The van der Waals surface area contributed by atoms with Crippen LogP contribution >= 0.6 is 0 Å². The van der Waals surface area contributed by atoms with Gasteiger partial charge in [-0.25, -0.2) is 4.98 Å². The van der Waals surface area contributed by atoms with Crippen LogP contribution in [0, 0.1) is 0 Å². The fourth-order valence-electron chi connectivity index (χ4n) is 1.56. The Labute approximate surface area is 88.5 Å². The van der Waals surface area contributed by atoms with Crippen molar-refractivity contribution in [2.24, 2.45) is 19.8 Å². The standard InChI is InChI=1S/C10H15N5/c1-14-6-10(12-7-14)9(11)3-8-4-13-15(2)5-8/h4-7,9H,3,11H2,1-2H3. The van der Waals surface area contributed by atoms with Gasteiger partial charge >= 0.3 is 0 Å². The lowest BCUT2D eigenvalue weighted by molar-refractivity contribution is 0.698. The zero-order valence-electron chi connectivity index (χ0n) is 8.96. The van der Waals surface area contributed by atoms with Crippen LogP contribution in [-0.4, -0.2) is 19.3 Å². The molecule has 0 fully saturated rings. The number of aromatic nitrogens is 4. The van der Waals surface area contributed by atoms with E-state index in [9.17, 15) is 0 Å². The van der Waals surface area contributed by atoms with Gasteiger partial charge in [0.25, 0.3) is 0 Å². The molecule has 2 aromatic heterocycles. The van der Waals surface area contributed by atoms with Crippen molar-refractivity contribution in [3.05, 3.63) is 36.2 Å². The number of aryl methyl sites for hydroxylation is 2. The Morgan fingerprint density at radius 2 is 2.20 bits per heavy atom. The molecule has 0 amide bonds. The van der Waals surface area contributed by atoms with Gasteiger partial charge < -0.3 is 10.3 Å². The third-order valence-corrected chi connectivity index (χ3v) is 2.32. The van der Waals surface area contributed by atoms with E-state index in [1.54, 1.807) is 11.0 Å². The first-order chi connectivity index (χ1) is 7.15. The first-order valence-electron chi connectivity index (χ1n) is 4.86. The Morgan fingerprint density at radius 3 is 2.73 bits per heavy atom. The SMILES string of the molecule is Cn1cnc(C(N)Cc2cnn(C)c2)c1. The molecule has 0 aliphatic carbocycles. The quantitative estimate of drug-likeness (QED) is 0.788. The summed E-state index contributed by atoms with van der Waals surface area (Å²) in [4.78, 5) is 4.23. The van der Waals surface area contributed by atoms with Gasteiger partial charge in [-0.3, -0.25) is 4.68 Å². The summed E-state index contributed by atoms with van der Waals surface area (Å²) >= 11 is 0. The molecule has 0 aromatic carbocycles. The van der Waals surface area contributed by atoms with Gasteiger partial charge in [0.1, 0.15) is 0 Å². The summed E-state index contributed by atoms with van der Waals surface area (Å²) < 4.78 is 3.68. The second-order valence-electron chi connectivity index (χ2n) is 3.80. The minimum Gasteiger partial charge on any atom is -0.340 e. The molecule has 2 rings (SSSR count). The highest BCUT2D eigenvalue weighted by Gasteiger charge is 2.10. The molecule has 0 saturated heterocycles. The zero-order chi connectivity index (χ0) is 10.8. The molecule has 1 unspecified atom stereocenters. The van der Waals surface area contributed by atoms with Crippen molar-refractivity contribution in [3.63, 3.8) is 0 Å². The lowest BCUT2D eigenvalue weighted by Gasteiger charge is -2.05. The predicted molar refractivity (Wildman–Crippen MR) is 57.0 cm³/mol. The minimum absolute atomic E-state index is 0.0598. The highest BCUT2D eigenvalue weighted by Crippen LogP contribution is 2.12. The second-order valence-corrected chi connectivity index (χ2v) is 3.80. The average Bonchev–Trinajstić information content (AvgIpc) is 2.75. The number of rotatable bonds is 3. The monoisotopic (exact) mass is 205 g/mol. The van der Waals surface area contributed by atoms with E-state index >= 15 is 0 Å². The zero-order valence-corrected chi connectivity index (χ0v) is 8.96. The first kappa shape index (κ1) is 9.92. The molecule has 80 valence electrons. The van der Waals surface area contributed by atoms with E-state index in [0.29, 0.717) is 0 Å². The molecule has 0 aliphatic rings. The van der Waals surface area contributed by atoms with Crippen LogP contribution < -0.4 is 5.73 Å². The molecule has 2 aromatic rings. The van der Waals surface area contributed by atoms with Crippen LogP contribution in [0.1, 0.15) is 17.3 Å². The molecule has 0 bridgehead atoms. The van der Waals surface area contributed by atoms with Crippen molar-refractivity contribution in [2.75, 3.05) is 0 Å². The molecule has 15 heavy (non-hydrogen) atoms. The summed E-state index contributed by atoms with van der Waals surface area (Å²) in [6, 6.07) is -0.0598. The lowest BCUT2D eigenvalue weighted by Crippen LogP contribution is -2.13. The van der Waals surface area contributed by atoms with E-state index in [1.165, 1.54) is 0 Å². The number of hydrogen-bond donors (Lipinski definition) is 1. The highest BCUT2D eigenvalue weighted by atomic mass is 15.2. The Balaban J connectivity index is 2.06. The smallest absolute Gasteiger partial charge is 0.0947 e. The van der Waals surface area contributed by atoms with Crippen LogP contribution in [0.5, 0.6) is 0 Å². The van der Waals surface area contributed by atoms with Gasteiger partial charge in [-0.2, -0.15) is 5.10 Å². The van der Waals surface area contributed by atoms with E-state index in [4.69, 9.17) is 5.73 Å². The third-order valence-electron chi connectivity index (χ3n) is 2.32. The third kappa shape index (κ3) is 2.24. The molecule has 0 spiro atoms. The van der Waals surface area contributed by atoms with Crippen LogP contribution in [0.3, 0.4) is 0 Å². The molecule has 2 N–H and O–H groups in total. The van der Waals surface area contributed by atoms with Gasteiger partial charge in [0.2, 0.25) is 0 Å². The van der Waals surface area contributed by atoms with Crippen LogP contribution in [0.4, 0.5) is 0 Å². The maximum absolute atomic E-state index is 6.04. The van der Waals surface area contributed by atoms with E-state index in [-0.39, 0.29) is 6.04 Å². The van der Waals surface area contributed by atoms with E-state index in [2.05, 4.69) is 10.1 Å². The fraction of sp³-hybridized carbons (Fsp3) is 0.400. The van der Waals surface area contributed by atoms with Gasteiger partial charge in [-0.15, -0.1) is 0 Å². The molecule has 0 aliphatic heterocycles. The van der Waals surface area contributed by atoms with Crippen LogP contribution in [-0.2, 0) is 20.5 Å². The molecule has 5 nitrogen and oxygen atoms in total. The highest BCUT2D eigenvalue weighted by molar-refractivity contribution is 5.11. The predicted octanol–water partition coefficient (Wildman–Crippen LogP) is 0.396. The normalized spacial score (nSPS) is 13.0. The number of nitrogens with zero attached hydrogens (tertiary/aromatic N) is 4. The summed E-state index contributed by atoms with van der Waals surface area (Å²) in [7, 11) is 3.84. The summed E-state index contributed by atoms with van der Waals surface area (Å²) in [5, 5.41) is 4.10. The summed E-state index contributed by atoms with van der Waals surface area (Å²) in [5.41, 5.74) is 8.09. The average molecular weight is 205 g/mol. The number of nitrogens with two attached hydrogens (primary N) is 1. The van der Waals surface area contributed by atoms with Crippen molar-refractivity contribution in [1.82, 2.24) is 19.3 Å². The molecule has 0 radical (unpaired) electrons. The Morgan fingerprint density at radius 1 is 1.40 bits per heavy atom. The van der Waals surface area contributed by atoms with Gasteiger partial charge in [-0.05, 0) is 12.0 Å². The van der Waals surface area contributed by atoms with Crippen LogP contribution in [0.15, 0.2) is 24.9 Å². The number of imidazole rings is 1. The largest absolute Gasteiger partial charge is 0.340 e. The fourth-order valence-corrected chi connectivity index (χ4v) is 1.56. The van der Waals surface area contributed by atoms with Gasteiger partial charge in [0.15, 0.2) is 0 Å². The van der Waals surface area contributed by atoms with E-state index in [1.807, 2.05) is 37.3 Å². The van der Waals surface area contributed by atoms with Crippen molar-refractivity contribution in [3.8, 4) is 0 Å². The van der Waals surface area contributed by atoms with Crippen molar-refractivity contribution < 1.29 is 0 Å². The van der Waals surface area contributed by atoms with Gasteiger partial charge in [-0.1, -0.05) is 0 Å². The van der Waals surface area contributed by atoms with Crippen LogP contribution in [0.2, 0.25) is 0 Å². The lowest BCUT2D eigenvalue weighted by atomic mass is 10.1. The molecular weight excluding hydrogens is 190 g/mol. The Hall–Kier alpha value is -1.62. The maximum Gasteiger partial charge on any atom is 0.0947 e. The first-order valence-corrected chi connectivity index (χ1v) is 4.86. The topological polar surface area (TPSA) is 61.7 Å². The van der Waals surface area contributed by atoms with Gasteiger partial charge in [0.05, 0.1) is 24.3 Å². The summed E-state index contributed by atoms with van der Waals surface area (Å²) in [5.74, 6) is 0. The molecule has 2 heterocycles. The maximum atomic E-state index is 6.04.